The molecule has 1 aromatic carbocycles. The molecule has 0 atom stereocenters. The number of benzene rings is 1. The van der Waals surface area contributed by atoms with Crippen molar-refractivity contribution in [2.45, 2.75) is 6.92 Å². The van der Waals surface area contributed by atoms with Crippen molar-refractivity contribution < 1.29 is 9.21 Å². The minimum Gasteiger partial charge on any atom is -0.422 e. The van der Waals surface area contributed by atoms with Crippen LogP contribution in [0.5, 0.6) is 0 Å². The lowest BCUT2D eigenvalue weighted by Crippen LogP contribution is -2.26. The average Bonchev–Trinajstić information content (AvgIpc) is 2.35. The van der Waals surface area contributed by atoms with E-state index < -0.39 is 11.7 Å². The molecule has 3 N–H and O–H groups in total. The largest absolute Gasteiger partial charge is 0.422 e. The van der Waals surface area contributed by atoms with Crippen LogP contribution in [-0.2, 0) is 0 Å². The number of urea groups is 1. The van der Waals surface area contributed by atoms with Gasteiger partial charge in [0.25, 0.3) is 0 Å². The fourth-order valence-electron chi connectivity index (χ4n) is 1.51. The predicted molar refractivity (Wildman–Crippen MR) is 67.4 cm³/mol. The van der Waals surface area contributed by atoms with Gasteiger partial charge in [-0.15, -0.1) is 0 Å². The molecule has 1 heterocycles. The Hall–Kier alpha value is -2.63. The first-order valence-corrected chi connectivity index (χ1v) is 5.21. The third-order valence-corrected chi connectivity index (χ3v) is 2.37. The van der Waals surface area contributed by atoms with E-state index in [4.69, 9.17) is 10.2 Å². The molecule has 0 bridgehead atoms. The van der Waals surface area contributed by atoms with E-state index in [2.05, 4.69) is 10.5 Å². The number of fused-ring (bicyclic) bond motifs is 1. The van der Waals surface area contributed by atoms with Crippen molar-refractivity contribution in [1.29, 1.82) is 0 Å². The van der Waals surface area contributed by atoms with E-state index in [1.807, 2.05) is 12.1 Å². The van der Waals surface area contributed by atoms with Crippen LogP contribution in [0.25, 0.3) is 11.0 Å². The lowest BCUT2D eigenvalue weighted by atomic mass is 10.1. The molecule has 2 aromatic rings. The Bertz CT molecular complexity index is 688. The quantitative estimate of drug-likeness (QED) is 0.472. The van der Waals surface area contributed by atoms with E-state index >= 15 is 0 Å². The first-order valence-electron chi connectivity index (χ1n) is 5.21. The number of carbonyl (C=O) groups excluding carboxylic acids is 1. The first kappa shape index (κ1) is 11.8. The van der Waals surface area contributed by atoms with Gasteiger partial charge in [0.05, 0.1) is 11.3 Å². The Morgan fingerprint density at radius 2 is 2.11 bits per heavy atom. The number of rotatable bonds is 2. The Morgan fingerprint density at radius 1 is 1.39 bits per heavy atom. The minimum absolute atomic E-state index is 0.280. The molecule has 0 aliphatic heterocycles. The Kier molecular flexibility index (Phi) is 3.09. The Labute approximate surface area is 102 Å². The van der Waals surface area contributed by atoms with Crippen LogP contribution in [0, 0.1) is 0 Å². The zero-order valence-corrected chi connectivity index (χ0v) is 9.64. The third kappa shape index (κ3) is 2.37. The van der Waals surface area contributed by atoms with Gasteiger partial charge >= 0.3 is 11.7 Å². The van der Waals surface area contributed by atoms with Gasteiger partial charge in [-0.05, 0) is 19.1 Å². The second-order valence-electron chi connectivity index (χ2n) is 3.66. The predicted octanol–water partition coefficient (Wildman–Crippen LogP) is 1.19. The summed E-state index contributed by atoms with van der Waals surface area (Å²) in [5.41, 5.74) is 7.55. The van der Waals surface area contributed by atoms with Crippen LogP contribution in [0.3, 0.4) is 0 Å². The molecule has 0 saturated carbocycles. The van der Waals surface area contributed by atoms with Crippen molar-refractivity contribution in [3.8, 4) is 0 Å². The molecule has 1 aromatic heterocycles. The Balaban J connectivity index is 2.51. The summed E-state index contributed by atoms with van der Waals surface area (Å²) < 4.78 is 5.14. The number of hydrogen-bond donors (Lipinski definition) is 2. The summed E-state index contributed by atoms with van der Waals surface area (Å²) in [5, 5.41) is 4.47. The maximum atomic E-state index is 11.7. The second kappa shape index (κ2) is 4.70. The third-order valence-electron chi connectivity index (χ3n) is 2.37. The lowest BCUT2D eigenvalue weighted by molar-refractivity contribution is 0.249. The van der Waals surface area contributed by atoms with Gasteiger partial charge in [0, 0.05) is 5.39 Å². The van der Waals surface area contributed by atoms with Gasteiger partial charge in [-0.3, -0.25) is 0 Å². The van der Waals surface area contributed by atoms with E-state index in [-0.39, 0.29) is 5.56 Å². The van der Waals surface area contributed by atoms with E-state index in [1.54, 1.807) is 25.1 Å². The molecule has 0 saturated heterocycles. The summed E-state index contributed by atoms with van der Waals surface area (Å²) in [6.07, 6.45) is 0. The maximum absolute atomic E-state index is 11.7. The number of hydrazone groups is 1. The van der Waals surface area contributed by atoms with Crippen LogP contribution in [0.1, 0.15) is 12.5 Å². The number of primary amides is 1. The summed E-state index contributed by atoms with van der Waals surface area (Å²) in [7, 11) is 0. The van der Waals surface area contributed by atoms with Crippen LogP contribution < -0.4 is 16.8 Å². The van der Waals surface area contributed by atoms with Crippen molar-refractivity contribution in [2.24, 2.45) is 10.8 Å². The summed E-state index contributed by atoms with van der Waals surface area (Å²) in [4.78, 5) is 22.3. The highest BCUT2D eigenvalue weighted by molar-refractivity contribution is 6.00. The van der Waals surface area contributed by atoms with Gasteiger partial charge in [0.2, 0.25) is 0 Å². The van der Waals surface area contributed by atoms with Gasteiger partial charge in [-0.25, -0.2) is 15.0 Å². The number of para-hydroxylation sites is 1. The van der Waals surface area contributed by atoms with E-state index in [9.17, 15) is 9.59 Å². The molecule has 0 aliphatic rings. The van der Waals surface area contributed by atoms with Crippen LogP contribution in [0.15, 0.2) is 44.6 Å². The maximum Gasteiger partial charge on any atom is 0.345 e. The highest BCUT2D eigenvalue weighted by Crippen LogP contribution is 2.12. The summed E-state index contributed by atoms with van der Waals surface area (Å²) >= 11 is 0. The minimum atomic E-state index is -0.792. The van der Waals surface area contributed by atoms with Crippen LogP contribution >= 0.6 is 0 Å². The molecule has 0 spiro atoms. The van der Waals surface area contributed by atoms with Crippen LogP contribution in [0.4, 0.5) is 4.79 Å². The Morgan fingerprint density at radius 3 is 2.83 bits per heavy atom. The molecular formula is C12H11N3O3. The topological polar surface area (TPSA) is 97.7 Å². The van der Waals surface area contributed by atoms with Crippen molar-refractivity contribution in [2.75, 3.05) is 0 Å². The molecule has 2 rings (SSSR count). The van der Waals surface area contributed by atoms with Gasteiger partial charge in [-0.2, -0.15) is 5.10 Å². The number of nitrogens with one attached hydrogen (secondary N) is 1. The number of nitrogens with zero attached hydrogens (tertiary/aromatic N) is 1. The summed E-state index contributed by atoms with van der Waals surface area (Å²) in [5.74, 6) is 0. The van der Waals surface area contributed by atoms with Gasteiger partial charge in [0.15, 0.2) is 0 Å². The fourth-order valence-corrected chi connectivity index (χ4v) is 1.51. The van der Waals surface area contributed by atoms with Gasteiger partial charge < -0.3 is 10.2 Å². The molecule has 6 heteroatoms. The highest BCUT2D eigenvalue weighted by atomic mass is 16.4. The number of carbonyl (C=O) groups is 1. The SMILES string of the molecule is C/C(=N\NC(N)=O)c1cc2ccccc2oc1=O. The monoisotopic (exact) mass is 245 g/mol. The number of amides is 2. The summed E-state index contributed by atoms with van der Waals surface area (Å²) in [6, 6.07) is 7.99. The first-order chi connectivity index (χ1) is 8.58. The zero-order valence-electron chi connectivity index (χ0n) is 9.64. The van der Waals surface area contributed by atoms with Crippen LogP contribution in [0.2, 0.25) is 0 Å². The lowest BCUT2D eigenvalue weighted by Gasteiger charge is -2.01. The zero-order chi connectivity index (χ0) is 13.1. The fraction of sp³-hybridized carbons (Fsp3) is 0.0833. The molecule has 0 radical (unpaired) electrons. The van der Waals surface area contributed by atoms with Gasteiger partial charge in [0.1, 0.15) is 5.58 Å². The molecule has 0 unspecified atom stereocenters. The van der Waals surface area contributed by atoms with Gasteiger partial charge in [-0.1, -0.05) is 18.2 Å². The standard InChI is InChI=1S/C12H11N3O3/c1-7(14-15-12(13)17)9-6-8-4-2-3-5-10(8)18-11(9)16/h2-6H,1H3,(H3,13,15,17)/b14-7+. The second-order valence-corrected chi connectivity index (χ2v) is 3.66. The van der Waals surface area contributed by atoms with Crippen molar-refractivity contribution in [3.05, 3.63) is 46.3 Å². The van der Waals surface area contributed by atoms with Crippen molar-refractivity contribution in [3.63, 3.8) is 0 Å². The molecule has 0 aliphatic carbocycles. The molecule has 2 amide bonds. The van der Waals surface area contributed by atoms with Crippen molar-refractivity contribution in [1.82, 2.24) is 5.43 Å². The van der Waals surface area contributed by atoms with Crippen molar-refractivity contribution >= 4 is 22.7 Å². The smallest absolute Gasteiger partial charge is 0.345 e. The van der Waals surface area contributed by atoms with Crippen LogP contribution in [-0.4, -0.2) is 11.7 Å². The van der Waals surface area contributed by atoms with E-state index in [0.717, 1.165) is 5.39 Å². The molecule has 92 valence electrons. The average molecular weight is 245 g/mol. The highest BCUT2D eigenvalue weighted by Gasteiger charge is 2.08. The number of nitrogens with two attached hydrogens (primary N) is 1. The van der Waals surface area contributed by atoms with E-state index in [1.165, 1.54) is 0 Å². The summed E-state index contributed by atoms with van der Waals surface area (Å²) in [6.45, 7) is 1.58. The van der Waals surface area contributed by atoms with E-state index in [0.29, 0.717) is 11.3 Å². The molecular weight excluding hydrogens is 234 g/mol. The molecule has 0 fully saturated rings. The number of hydrogen-bond acceptors (Lipinski definition) is 4. The normalized spacial score (nSPS) is 11.5. The molecule has 18 heavy (non-hydrogen) atoms. The molecule has 6 nitrogen and oxygen atoms in total.